The van der Waals surface area contributed by atoms with Crippen molar-refractivity contribution >= 4 is 11.7 Å². The van der Waals surface area contributed by atoms with Gasteiger partial charge in [-0.25, -0.2) is 4.79 Å². The maximum atomic E-state index is 12.4. The fourth-order valence-corrected chi connectivity index (χ4v) is 3.12. The largest absolute Gasteiger partial charge is 0.489 e. The summed E-state index contributed by atoms with van der Waals surface area (Å²) in [5.41, 5.74) is 1.67. The number of aromatic nitrogens is 2. The highest BCUT2D eigenvalue weighted by Crippen LogP contribution is 2.23. The summed E-state index contributed by atoms with van der Waals surface area (Å²) in [6, 6.07) is 17.0. The maximum Gasteiger partial charge on any atom is 0.321 e. The number of rotatable bonds is 5. The van der Waals surface area contributed by atoms with E-state index in [4.69, 9.17) is 9.26 Å². The van der Waals surface area contributed by atoms with Crippen molar-refractivity contribution in [3.8, 4) is 17.1 Å². The van der Waals surface area contributed by atoms with Crippen molar-refractivity contribution in [2.45, 2.75) is 25.9 Å². The van der Waals surface area contributed by atoms with E-state index in [1.807, 2.05) is 61.5 Å². The molecule has 0 saturated carbocycles. The van der Waals surface area contributed by atoms with E-state index in [2.05, 4.69) is 15.5 Å². The number of likely N-dealkylation sites (tertiary alicyclic amines) is 1. The number of hydrogen-bond donors (Lipinski definition) is 1. The average molecular weight is 378 g/mol. The van der Waals surface area contributed by atoms with Crippen molar-refractivity contribution in [2.75, 3.05) is 18.4 Å². The monoisotopic (exact) mass is 378 g/mol. The molecule has 3 aromatic rings. The van der Waals surface area contributed by atoms with Gasteiger partial charge in [0, 0.05) is 30.6 Å². The van der Waals surface area contributed by atoms with Gasteiger partial charge in [0.2, 0.25) is 11.7 Å². The molecule has 28 heavy (non-hydrogen) atoms. The van der Waals surface area contributed by atoms with E-state index in [1.54, 1.807) is 4.90 Å². The Kier molecular flexibility index (Phi) is 5.23. The number of carbonyl (C=O) groups excluding carboxylic acids is 1. The number of nitrogens with zero attached hydrogens (tertiary/aromatic N) is 3. The van der Waals surface area contributed by atoms with Gasteiger partial charge in [-0.05, 0) is 36.4 Å². The standard InChI is InChI=1S/C21H22N4O3/c1-2-19-23-20(24-28-19)15-8-10-17(11-9-15)27-18-12-13-25(14-18)21(26)22-16-6-4-3-5-7-16/h3-11,18H,2,12-14H2,1H3,(H,22,26). The lowest BCUT2D eigenvalue weighted by Gasteiger charge is -2.18. The predicted octanol–water partition coefficient (Wildman–Crippen LogP) is 3.98. The van der Waals surface area contributed by atoms with Gasteiger partial charge >= 0.3 is 6.03 Å². The van der Waals surface area contributed by atoms with Crippen LogP contribution >= 0.6 is 0 Å². The van der Waals surface area contributed by atoms with Crippen molar-refractivity contribution in [3.63, 3.8) is 0 Å². The molecule has 0 spiro atoms. The SMILES string of the molecule is CCc1nc(-c2ccc(OC3CCN(C(=O)Nc4ccccc4)C3)cc2)no1. The van der Waals surface area contributed by atoms with Crippen LogP contribution in [0, 0.1) is 0 Å². The highest BCUT2D eigenvalue weighted by Gasteiger charge is 2.27. The first-order chi connectivity index (χ1) is 13.7. The Morgan fingerprint density at radius 2 is 2.00 bits per heavy atom. The summed E-state index contributed by atoms with van der Waals surface area (Å²) < 4.78 is 11.2. The van der Waals surface area contributed by atoms with Crippen molar-refractivity contribution in [1.29, 1.82) is 0 Å². The van der Waals surface area contributed by atoms with Gasteiger partial charge in [0.25, 0.3) is 0 Å². The van der Waals surface area contributed by atoms with Crippen LogP contribution in [0.3, 0.4) is 0 Å². The quantitative estimate of drug-likeness (QED) is 0.726. The summed E-state index contributed by atoms with van der Waals surface area (Å²) in [6.45, 7) is 3.20. The number of amides is 2. The van der Waals surface area contributed by atoms with Gasteiger partial charge in [0.1, 0.15) is 11.9 Å². The molecule has 4 rings (SSSR count). The molecule has 0 aliphatic carbocycles. The Labute approximate surface area is 163 Å². The van der Waals surface area contributed by atoms with Crippen molar-refractivity contribution in [3.05, 3.63) is 60.5 Å². The molecule has 1 atom stereocenters. The number of carbonyl (C=O) groups is 1. The minimum absolute atomic E-state index is 0.0238. The number of urea groups is 1. The Bertz CT molecular complexity index is 924. The molecule has 1 aromatic heterocycles. The second kappa shape index (κ2) is 8.12. The van der Waals surface area contributed by atoms with Crippen LogP contribution in [0.5, 0.6) is 5.75 Å². The molecule has 2 aromatic carbocycles. The molecule has 7 nitrogen and oxygen atoms in total. The van der Waals surface area contributed by atoms with Crippen LogP contribution in [-0.4, -0.2) is 40.3 Å². The van der Waals surface area contributed by atoms with Crippen LogP contribution in [0.1, 0.15) is 19.2 Å². The minimum atomic E-state index is -0.100. The summed E-state index contributed by atoms with van der Waals surface area (Å²) in [6.07, 6.45) is 1.49. The minimum Gasteiger partial charge on any atom is -0.489 e. The molecule has 1 saturated heterocycles. The summed E-state index contributed by atoms with van der Waals surface area (Å²) in [5, 5.41) is 6.89. The number of benzene rings is 2. The zero-order chi connectivity index (χ0) is 19.3. The molecule has 1 aliphatic heterocycles. The second-order valence-corrected chi connectivity index (χ2v) is 6.66. The van der Waals surface area contributed by atoms with Gasteiger partial charge in [-0.15, -0.1) is 0 Å². The molecule has 7 heteroatoms. The van der Waals surface area contributed by atoms with E-state index in [0.717, 1.165) is 23.4 Å². The Morgan fingerprint density at radius 1 is 1.21 bits per heavy atom. The fourth-order valence-electron chi connectivity index (χ4n) is 3.12. The third-order valence-electron chi connectivity index (χ3n) is 4.64. The molecule has 1 fully saturated rings. The van der Waals surface area contributed by atoms with Gasteiger partial charge < -0.3 is 19.5 Å². The van der Waals surface area contributed by atoms with Crippen molar-refractivity contribution < 1.29 is 14.1 Å². The van der Waals surface area contributed by atoms with Gasteiger partial charge in [0.05, 0.1) is 6.54 Å². The van der Waals surface area contributed by atoms with Crippen molar-refractivity contribution in [1.82, 2.24) is 15.0 Å². The molecule has 2 amide bonds. The van der Waals surface area contributed by atoms with E-state index < -0.39 is 0 Å². The van der Waals surface area contributed by atoms with Crippen LogP contribution in [0.4, 0.5) is 10.5 Å². The molecular weight excluding hydrogens is 356 g/mol. The highest BCUT2D eigenvalue weighted by atomic mass is 16.5. The van der Waals surface area contributed by atoms with Crippen LogP contribution in [0.15, 0.2) is 59.1 Å². The summed E-state index contributed by atoms with van der Waals surface area (Å²) in [4.78, 5) is 18.5. The maximum absolute atomic E-state index is 12.4. The summed E-state index contributed by atoms with van der Waals surface area (Å²) in [7, 11) is 0. The lowest BCUT2D eigenvalue weighted by Crippen LogP contribution is -2.34. The normalized spacial score (nSPS) is 16.2. The topological polar surface area (TPSA) is 80.5 Å². The summed E-state index contributed by atoms with van der Waals surface area (Å²) >= 11 is 0. The van der Waals surface area contributed by atoms with Gasteiger partial charge in [-0.1, -0.05) is 30.3 Å². The zero-order valence-corrected chi connectivity index (χ0v) is 15.7. The molecule has 1 unspecified atom stereocenters. The number of nitrogens with one attached hydrogen (secondary N) is 1. The van der Waals surface area contributed by atoms with E-state index in [0.29, 0.717) is 31.2 Å². The number of para-hydroxylation sites is 1. The lowest BCUT2D eigenvalue weighted by molar-refractivity contribution is 0.195. The second-order valence-electron chi connectivity index (χ2n) is 6.66. The number of anilines is 1. The van der Waals surface area contributed by atoms with E-state index >= 15 is 0 Å². The molecule has 1 N–H and O–H groups in total. The average Bonchev–Trinajstić information content (AvgIpc) is 3.39. The van der Waals surface area contributed by atoms with Gasteiger partial charge in [-0.2, -0.15) is 4.98 Å². The smallest absolute Gasteiger partial charge is 0.321 e. The fraction of sp³-hybridized carbons (Fsp3) is 0.286. The Hall–Kier alpha value is -3.35. The number of aryl methyl sites for hydroxylation is 1. The van der Waals surface area contributed by atoms with Crippen LogP contribution in [-0.2, 0) is 6.42 Å². The predicted molar refractivity (Wildman–Crippen MR) is 105 cm³/mol. The van der Waals surface area contributed by atoms with Crippen LogP contribution in [0.25, 0.3) is 11.4 Å². The molecular formula is C21H22N4O3. The first-order valence-corrected chi connectivity index (χ1v) is 9.42. The molecule has 0 radical (unpaired) electrons. The lowest BCUT2D eigenvalue weighted by atomic mass is 10.2. The number of hydrogen-bond acceptors (Lipinski definition) is 5. The Balaban J connectivity index is 1.32. The van der Waals surface area contributed by atoms with E-state index in [-0.39, 0.29) is 12.1 Å². The summed E-state index contributed by atoms with van der Waals surface area (Å²) in [5.74, 6) is 1.96. The molecule has 0 bridgehead atoms. The first-order valence-electron chi connectivity index (χ1n) is 9.42. The third kappa shape index (κ3) is 4.14. The molecule has 2 heterocycles. The highest BCUT2D eigenvalue weighted by molar-refractivity contribution is 5.89. The van der Waals surface area contributed by atoms with Crippen molar-refractivity contribution in [2.24, 2.45) is 0 Å². The van der Waals surface area contributed by atoms with Crippen LogP contribution < -0.4 is 10.1 Å². The molecule has 144 valence electrons. The number of ether oxygens (including phenoxy) is 1. The third-order valence-corrected chi connectivity index (χ3v) is 4.64. The van der Waals surface area contributed by atoms with Gasteiger partial charge in [-0.3, -0.25) is 0 Å². The van der Waals surface area contributed by atoms with E-state index in [1.165, 1.54) is 0 Å². The Morgan fingerprint density at radius 3 is 2.71 bits per heavy atom. The van der Waals surface area contributed by atoms with Crippen LogP contribution in [0.2, 0.25) is 0 Å². The molecule has 1 aliphatic rings. The first kappa shape index (κ1) is 18.0. The zero-order valence-electron chi connectivity index (χ0n) is 15.7. The van der Waals surface area contributed by atoms with E-state index in [9.17, 15) is 4.79 Å². The van der Waals surface area contributed by atoms with Gasteiger partial charge in [0.15, 0.2) is 0 Å².